The third-order valence-electron chi connectivity index (χ3n) is 5.32. The molecule has 4 nitrogen and oxygen atoms in total. The number of rotatable bonds is 5. The number of nitrogens with one attached hydrogen (secondary N) is 2. The van der Waals surface area contributed by atoms with Crippen LogP contribution in [0.2, 0.25) is 0 Å². The monoisotopic (exact) mass is 290 g/mol. The Kier molecular flexibility index (Phi) is 4.96. The minimum absolute atomic E-state index is 0.680. The highest BCUT2D eigenvalue weighted by molar-refractivity contribution is 5.17. The Bertz CT molecular complexity index is 448. The minimum atomic E-state index is 0.680. The molecule has 0 radical (unpaired) electrons. The molecule has 2 heterocycles. The third-order valence-corrected chi connectivity index (χ3v) is 5.32. The quantitative estimate of drug-likeness (QED) is 0.875. The van der Waals surface area contributed by atoms with Crippen LogP contribution < -0.4 is 10.6 Å². The van der Waals surface area contributed by atoms with Crippen LogP contribution in [0, 0.1) is 5.92 Å². The van der Waals surface area contributed by atoms with E-state index < -0.39 is 0 Å². The highest BCUT2D eigenvalue weighted by atomic mass is 15.3. The van der Waals surface area contributed by atoms with Gasteiger partial charge in [0, 0.05) is 37.4 Å². The summed E-state index contributed by atoms with van der Waals surface area (Å²) >= 11 is 0. The zero-order chi connectivity index (χ0) is 14.7. The standard InChI is InChI=1S/C17H30N4/c1-3-15-13(12-21(2)20-15)11-19-17-8-5-4-7-14(17)16-9-6-10-18-16/h12,14,16-19H,3-11H2,1-2H3. The SMILES string of the molecule is CCc1nn(C)cc1CNC1CCCCC1C1CCCN1. The first-order valence-electron chi connectivity index (χ1n) is 8.76. The lowest BCUT2D eigenvalue weighted by molar-refractivity contribution is 0.213. The van der Waals surface area contributed by atoms with Crippen LogP contribution >= 0.6 is 0 Å². The van der Waals surface area contributed by atoms with Crippen molar-refractivity contribution in [1.29, 1.82) is 0 Å². The highest BCUT2D eigenvalue weighted by Gasteiger charge is 2.32. The lowest BCUT2D eigenvalue weighted by Crippen LogP contribution is -2.46. The van der Waals surface area contributed by atoms with Gasteiger partial charge in [-0.15, -0.1) is 0 Å². The largest absolute Gasteiger partial charge is 0.314 e. The molecule has 4 heteroatoms. The number of hydrogen-bond donors (Lipinski definition) is 2. The summed E-state index contributed by atoms with van der Waals surface area (Å²) in [6.45, 7) is 4.39. The Morgan fingerprint density at radius 1 is 1.29 bits per heavy atom. The van der Waals surface area contributed by atoms with Crippen molar-refractivity contribution in [3.05, 3.63) is 17.5 Å². The predicted molar refractivity (Wildman–Crippen MR) is 86.2 cm³/mol. The molecule has 0 amide bonds. The first-order valence-corrected chi connectivity index (χ1v) is 8.76. The van der Waals surface area contributed by atoms with Crippen LogP contribution in [0.3, 0.4) is 0 Å². The fourth-order valence-corrected chi connectivity index (χ4v) is 4.24. The molecule has 0 bridgehead atoms. The fraction of sp³-hybridized carbons (Fsp3) is 0.824. The number of aromatic nitrogens is 2. The molecule has 3 atom stereocenters. The summed E-state index contributed by atoms with van der Waals surface area (Å²) in [7, 11) is 2.02. The van der Waals surface area contributed by atoms with Gasteiger partial charge in [-0.2, -0.15) is 5.10 Å². The van der Waals surface area contributed by atoms with Crippen LogP contribution in [0.4, 0.5) is 0 Å². The van der Waals surface area contributed by atoms with Gasteiger partial charge in [0.15, 0.2) is 0 Å². The van der Waals surface area contributed by atoms with Crippen molar-refractivity contribution >= 4 is 0 Å². The normalized spacial score (nSPS) is 29.9. The molecule has 0 spiro atoms. The summed E-state index contributed by atoms with van der Waals surface area (Å²) in [5, 5.41) is 12.1. The van der Waals surface area contributed by atoms with E-state index in [-0.39, 0.29) is 0 Å². The van der Waals surface area contributed by atoms with E-state index in [9.17, 15) is 0 Å². The maximum absolute atomic E-state index is 4.55. The Morgan fingerprint density at radius 2 is 2.14 bits per heavy atom. The molecule has 1 saturated heterocycles. The van der Waals surface area contributed by atoms with Crippen LogP contribution in [0.1, 0.15) is 56.7 Å². The van der Waals surface area contributed by atoms with E-state index in [0.29, 0.717) is 6.04 Å². The van der Waals surface area contributed by atoms with Gasteiger partial charge in [0.25, 0.3) is 0 Å². The van der Waals surface area contributed by atoms with Gasteiger partial charge in [0.05, 0.1) is 5.69 Å². The van der Waals surface area contributed by atoms with Crippen molar-refractivity contribution < 1.29 is 0 Å². The first kappa shape index (κ1) is 15.0. The summed E-state index contributed by atoms with van der Waals surface area (Å²) in [5.41, 5.74) is 2.63. The molecule has 2 N–H and O–H groups in total. The maximum atomic E-state index is 4.55. The van der Waals surface area contributed by atoms with Crippen LogP contribution in [0.15, 0.2) is 6.20 Å². The topological polar surface area (TPSA) is 41.9 Å². The second-order valence-electron chi connectivity index (χ2n) is 6.77. The van der Waals surface area contributed by atoms with Crippen molar-refractivity contribution in [3.63, 3.8) is 0 Å². The summed E-state index contributed by atoms with van der Waals surface area (Å²) in [6, 6.07) is 1.43. The third kappa shape index (κ3) is 3.49. The fourth-order valence-electron chi connectivity index (χ4n) is 4.24. The molecule has 1 saturated carbocycles. The van der Waals surface area contributed by atoms with Crippen molar-refractivity contribution in [1.82, 2.24) is 20.4 Å². The Labute approximate surface area is 128 Å². The second kappa shape index (κ2) is 6.93. The molecule has 0 aromatic carbocycles. The van der Waals surface area contributed by atoms with Gasteiger partial charge in [0.1, 0.15) is 0 Å². The lowest BCUT2D eigenvalue weighted by Gasteiger charge is -2.36. The number of aryl methyl sites for hydroxylation is 2. The van der Waals surface area contributed by atoms with Gasteiger partial charge in [-0.05, 0) is 44.6 Å². The van der Waals surface area contributed by atoms with Gasteiger partial charge in [-0.1, -0.05) is 19.8 Å². The van der Waals surface area contributed by atoms with Crippen molar-refractivity contribution in [2.75, 3.05) is 6.54 Å². The van der Waals surface area contributed by atoms with E-state index in [1.54, 1.807) is 0 Å². The van der Waals surface area contributed by atoms with Gasteiger partial charge in [-0.3, -0.25) is 4.68 Å². The highest BCUT2D eigenvalue weighted by Crippen LogP contribution is 2.30. The smallest absolute Gasteiger partial charge is 0.0666 e. The van der Waals surface area contributed by atoms with Crippen LogP contribution in [0.25, 0.3) is 0 Å². The molecule has 2 aliphatic rings. The molecule has 1 aliphatic carbocycles. The van der Waals surface area contributed by atoms with Gasteiger partial charge in [-0.25, -0.2) is 0 Å². The van der Waals surface area contributed by atoms with E-state index in [1.807, 2.05) is 11.7 Å². The van der Waals surface area contributed by atoms with E-state index in [4.69, 9.17) is 0 Å². The molecule has 1 aromatic heterocycles. The lowest BCUT2D eigenvalue weighted by atomic mass is 9.79. The number of nitrogens with zero attached hydrogens (tertiary/aromatic N) is 2. The molecule has 3 unspecified atom stereocenters. The molecular weight excluding hydrogens is 260 g/mol. The zero-order valence-corrected chi connectivity index (χ0v) is 13.6. The molecule has 2 fully saturated rings. The van der Waals surface area contributed by atoms with E-state index in [1.165, 1.54) is 56.3 Å². The summed E-state index contributed by atoms with van der Waals surface area (Å²) in [6.07, 6.45) is 11.5. The maximum Gasteiger partial charge on any atom is 0.0666 e. The van der Waals surface area contributed by atoms with Crippen LogP contribution in [-0.4, -0.2) is 28.4 Å². The summed E-state index contributed by atoms with van der Waals surface area (Å²) < 4.78 is 1.95. The number of hydrogen-bond acceptors (Lipinski definition) is 3. The van der Waals surface area contributed by atoms with Crippen molar-refractivity contribution in [2.45, 2.75) is 70.5 Å². The van der Waals surface area contributed by atoms with Crippen LogP contribution in [0.5, 0.6) is 0 Å². The molecule has 21 heavy (non-hydrogen) atoms. The average Bonchev–Trinajstić information content (AvgIpc) is 3.14. The first-order chi connectivity index (χ1) is 10.3. The van der Waals surface area contributed by atoms with E-state index >= 15 is 0 Å². The second-order valence-corrected chi connectivity index (χ2v) is 6.77. The minimum Gasteiger partial charge on any atom is -0.314 e. The van der Waals surface area contributed by atoms with Gasteiger partial charge in [0.2, 0.25) is 0 Å². The van der Waals surface area contributed by atoms with Crippen LogP contribution in [-0.2, 0) is 20.0 Å². The average molecular weight is 290 g/mol. The molecule has 118 valence electrons. The summed E-state index contributed by atoms with van der Waals surface area (Å²) in [4.78, 5) is 0. The van der Waals surface area contributed by atoms with Crippen molar-refractivity contribution in [3.8, 4) is 0 Å². The Morgan fingerprint density at radius 3 is 2.90 bits per heavy atom. The molecule has 3 rings (SSSR count). The molecule has 1 aliphatic heterocycles. The zero-order valence-electron chi connectivity index (χ0n) is 13.6. The van der Waals surface area contributed by atoms with Gasteiger partial charge >= 0.3 is 0 Å². The van der Waals surface area contributed by atoms with E-state index in [2.05, 4.69) is 28.9 Å². The Balaban J connectivity index is 1.61. The predicted octanol–water partition coefficient (Wildman–Crippen LogP) is 2.38. The molecule has 1 aromatic rings. The van der Waals surface area contributed by atoms with Gasteiger partial charge < -0.3 is 10.6 Å². The van der Waals surface area contributed by atoms with E-state index in [0.717, 1.165) is 24.9 Å². The summed E-state index contributed by atoms with van der Waals surface area (Å²) in [5.74, 6) is 0.822. The molecular formula is C17H30N4. The Hall–Kier alpha value is -0.870. The van der Waals surface area contributed by atoms with Crippen molar-refractivity contribution in [2.24, 2.45) is 13.0 Å².